The Morgan fingerprint density at radius 1 is 1.22 bits per heavy atom. The number of hydrogen-bond donors (Lipinski definition) is 0. The molecule has 2 aromatic carbocycles. The van der Waals surface area contributed by atoms with Crippen molar-refractivity contribution >= 4 is 28.3 Å². The number of hydrogen-bond acceptors (Lipinski definition) is 2. The van der Waals surface area contributed by atoms with Crippen molar-refractivity contribution < 1.29 is 9.53 Å². The molecule has 0 amide bonds. The zero-order valence-electron chi connectivity index (χ0n) is 10.2. The van der Waals surface area contributed by atoms with Crippen LogP contribution < -0.4 is 0 Å². The number of halogens is 1. The van der Waals surface area contributed by atoms with Crippen molar-refractivity contribution in [1.29, 1.82) is 0 Å². The molecule has 1 atom stereocenters. The van der Waals surface area contributed by atoms with E-state index in [-0.39, 0.29) is 17.8 Å². The minimum absolute atomic E-state index is 0.198. The maximum absolute atomic E-state index is 11.5. The van der Waals surface area contributed by atoms with E-state index in [2.05, 4.69) is 0 Å². The van der Waals surface area contributed by atoms with E-state index < -0.39 is 0 Å². The van der Waals surface area contributed by atoms with Gasteiger partial charge in [-0.25, -0.2) is 0 Å². The lowest BCUT2D eigenvalue weighted by atomic mass is 10.0. The Morgan fingerprint density at radius 2 is 1.94 bits per heavy atom. The molecule has 2 aromatic rings. The third-order valence-corrected chi connectivity index (χ3v) is 3.20. The van der Waals surface area contributed by atoms with Crippen molar-refractivity contribution in [2.75, 3.05) is 6.61 Å². The van der Waals surface area contributed by atoms with Gasteiger partial charge >= 0.3 is 5.97 Å². The molecule has 0 heterocycles. The SMILES string of the molecule is CCOC(=O)CC(Cl)c1cccc2ccccc12. The van der Waals surface area contributed by atoms with E-state index in [9.17, 15) is 4.79 Å². The highest BCUT2D eigenvalue weighted by molar-refractivity contribution is 6.22. The topological polar surface area (TPSA) is 26.3 Å². The van der Waals surface area contributed by atoms with Gasteiger partial charge in [-0.2, -0.15) is 0 Å². The van der Waals surface area contributed by atoms with E-state index >= 15 is 0 Å². The first kappa shape index (κ1) is 12.9. The second-order valence-electron chi connectivity index (χ2n) is 4.05. The third-order valence-electron chi connectivity index (χ3n) is 2.81. The molecule has 0 fully saturated rings. The van der Waals surface area contributed by atoms with Gasteiger partial charge in [0.2, 0.25) is 0 Å². The second-order valence-corrected chi connectivity index (χ2v) is 4.57. The molecule has 2 nitrogen and oxygen atoms in total. The van der Waals surface area contributed by atoms with Gasteiger partial charge in [-0.15, -0.1) is 11.6 Å². The van der Waals surface area contributed by atoms with Crippen molar-refractivity contribution in [3.8, 4) is 0 Å². The van der Waals surface area contributed by atoms with Crippen LogP contribution in [0.2, 0.25) is 0 Å². The molecule has 1 unspecified atom stereocenters. The predicted octanol–water partition coefficient (Wildman–Crippen LogP) is 4.07. The maximum Gasteiger partial charge on any atom is 0.307 e. The molecule has 0 aromatic heterocycles. The minimum Gasteiger partial charge on any atom is -0.466 e. The summed E-state index contributed by atoms with van der Waals surface area (Å²) in [5.74, 6) is -0.259. The molecule has 0 N–H and O–H groups in total. The quantitative estimate of drug-likeness (QED) is 0.613. The molecule has 18 heavy (non-hydrogen) atoms. The van der Waals surface area contributed by atoms with Gasteiger partial charge in [-0.1, -0.05) is 42.5 Å². The van der Waals surface area contributed by atoms with E-state index in [4.69, 9.17) is 16.3 Å². The lowest BCUT2D eigenvalue weighted by molar-refractivity contribution is -0.143. The Kier molecular flexibility index (Phi) is 4.21. The van der Waals surface area contributed by atoms with Crippen molar-refractivity contribution in [1.82, 2.24) is 0 Å². The van der Waals surface area contributed by atoms with Crippen LogP contribution in [0.4, 0.5) is 0 Å². The molecule has 2 rings (SSSR count). The van der Waals surface area contributed by atoms with E-state index in [0.717, 1.165) is 16.3 Å². The lowest BCUT2D eigenvalue weighted by Gasteiger charge is -2.12. The number of fused-ring (bicyclic) bond motifs is 1. The molecule has 0 aliphatic carbocycles. The number of benzene rings is 2. The molecule has 3 heteroatoms. The highest BCUT2D eigenvalue weighted by atomic mass is 35.5. The fourth-order valence-corrected chi connectivity index (χ4v) is 2.32. The number of carbonyl (C=O) groups excluding carboxylic acids is 1. The largest absolute Gasteiger partial charge is 0.466 e. The summed E-state index contributed by atoms with van der Waals surface area (Å²) >= 11 is 6.31. The average molecular weight is 263 g/mol. The third kappa shape index (κ3) is 2.82. The fourth-order valence-electron chi connectivity index (χ4n) is 2.00. The van der Waals surface area contributed by atoms with E-state index in [1.165, 1.54) is 0 Å². The van der Waals surface area contributed by atoms with Gasteiger partial charge in [-0.05, 0) is 23.3 Å². The van der Waals surface area contributed by atoms with Crippen LogP contribution in [-0.2, 0) is 9.53 Å². The van der Waals surface area contributed by atoms with Gasteiger partial charge in [0.05, 0.1) is 18.4 Å². The van der Waals surface area contributed by atoms with Crippen LogP contribution in [0, 0.1) is 0 Å². The summed E-state index contributed by atoms with van der Waals surface area (Å²) in [5, 5.41) is 1.86. The van der Waals surface area contributed by atoms with Crippen LogP contribution in [0.25, 0.3) is 10.8 Å². The van der Waals surface area contributed by atoms with Gasteiger partial charge in [0.1, 0.15) is 0 Å². The Morgan fingerprint density at radius 3 is 2.72 bits per heavy atom. The van der Waals surface area contributed by atoms with Crippen molar-refractivity contribution in [2.24, 2.45) is 0 Å². The van der Waals surface area contributed by atoms with Crippen LogP contribution in [0.1, 0.15) is 24.3 Å². The smallest absolute Gasteiger partial charge is 0.307 e. The Balaban J connectivity index is 2.27. The molecule has 0 saturated heterocycles. The Bertz CT molecular complexity index is 546. The van der Waals surface area contributed by atoms with Gasteiger partial charge in [0.25, 0.3) is 0 Å². The molecule has 0 bridgehead atoms. The highest BCUT2D eigenvalue weighted by Crippen LogP contribution is 2.30. The van der Waals surface area contributed by atoms with Crippen LogP contribution >= 0.6 is 11.6 Å². The Hall–Kier alpha value is -1.54. The summed E-state index contributed by atoms with van der Waals surface area (Å²) in [5.41, 5.74) is 0.975. The molecule has 94 valence electrons. The van der Waals surface area contributed by atoms with Gasteiger partial charge in [0, 0.05) is 0 Å². The maximum atomic E-state index is 11.5. The van der Waals surface area contributed by atoms with E-state index in [1.807, 2.05) is 42.5 Å². The second kappa shape index (κ2) is 5.87. The van der Waals surface area contributed by atoms with Crippen molar-refractivity contribution in [2.45, 2.75) is 18.7 Å². The monoisotopic (exact) mass is 262 g/mol. The molecule has 0 aliphatic rings. The van der Waals surface area contributed by atoms with Crippen LogP contribution in [-0.4, -0.2) is 12.6 Å². The van der Waals surface area contributed by atoms with Crippen molar-refractivity contribution in [3.63, 3.8) is 0 Å². The standard InChI is InChI=1S/C15H15ClO2/c1-2-18-15(17)10-14(16)13-9-5-7-11-6-3-4-8-12(11)13/h3-9,14H,2,10H2,1H3. The minimum atomic E-state index is -0.352. The summed E-state index contributed by atoms with van der Waals surface area (Å²) in [6.45, 7) is 2.18. The summed E-state index contributed by atoms with van der Waals surface area (Å²) < 4.78 is 4.92. The summed E-state index contributed by atoms with van der Waals surface area (Å²) in [4.78, 5) is 11.5. The molecule has 0 spiro atoms. The Labute approximate surface area is 112 Å². The van der Waals surface area contributed by atoms with Gasteiger partial charge < -0.3 is 4.74 Å². The molecule has 0 aliphatic heterocycles. The first-order valence-electron chi connectivity index (χ1n) is 5.99. The number of ether oxygens (including phenoxy) is 1. The normalized spacial score (nSPS) is 12.3. The van der Waals surface area contributed by atoms with Crippen LogP contribution in [0.15, 0.2) is 42.5 Å². The summed E-state index contributed by atoms with van der Waals surface area (Å²) in [7, 11) is 0. The van der Waals surface area contributed by atoms with Crippen LogP contribution in [0.5, 0.6) is 0 Å². The van der Waals surface area contributed by atoms with Crippen LogP contribution in [0.3, 0.4) is 0 Å². The molecule has 0 radical (unpaired) electrons. The lowest BCUT2D eigenvalue weighted by Crippen LogP contribution is -2.07. The molecule has 0 saturated carbocycles. The zero-order valence-corrected chi connectivity index (χ0v) is 11.0. The van der Waals surface area contributed by atoms with Crippen molar-refractivity contribution in [3.05, 3.63) is 48.0 Å². The van der Waals surface area contributed by atoms with Gasteiger partial charge in [0.15, 0.2) is 0 Å². The number of esters is 1. The number of rotatable bonds is 4. The zero-order chi connectivity index (χ0) is 13.0. The highest BCUT2D eigenvalue weighted by Gasteiger charge is 2.16. The fraction of sp³-hybridized carbons (Fsp3) is 0.267. The number of carbonyl (C=O) groups is 1. The predicted molar refractivity (Wildman–Crippen MR) is 73.8 cm³/mol. The summed E-state index contributed by atoms with van der Waals surface area (Å²) in [6, 6.07) is 14.0. The van der Waals surface area contributed by atoms with E-state index in [0.29, 0.717) is 6.61 Å². The van der Waals surface area contributed by atoms with Gasteiger partial charge in [-0.3, -0.25) is 4.79 Å². The first-order chi connectivity index (χ1) is 8.72. The van der Waals surface area contributed by atoms with E-state index in [1.54, 1.807) is 6.92 Å². The average Bonchev–Trinajstić information content (AvgIpc) is 2.38. The first-order valence-corrected chi connectivity index (χ1v) is 6.43. The number of alkyl halides is 1. The summed E-state index contributed by atoms with van der Waals surface area (Å²) in [6.07, 6.45) is 0.198. The molecular formula is C15H15ClO2. The molecular weight excluding hydrogens is 248 g/mol.